The SMILES string of the molecule is CCOC(=O)Cc1ccc(N2CC[C@@H](N[C@H](C)c3cccc4ccccc34)C2)cc1. The van der Waals surface area contributed by atoms with Gasteiger partial charge in [0.1, 0.15) is 0 Å². The second-order valence-electron chi connectivity index (χ2n) is 8.04. The molecule has 0 spiro atoms. The number of carbonyl (C=O) groups excluding carboxylic acids is 1. The van der Waals surface area contributed by atoms with Crippen molar-refractivity contribution in [2.24, 2.45) is 0 Å². The number of carbonyl (C=O) groups is 1. The van der Waals surface area contributed by atoms with Crippen molar-refractivity contribution in [2.45, 2.75) is 38.8 Å². The molecule has 3 aromatic carbocycles. The van der Waals surface area contributed by atoms with Crippen LogP contribution in [0.2, 0.25) is 0 Å². The molecular formula is C26H30N2O2. The molecule has 1 N–H and O–H groups in total. The zero-order chi connectivity index (χ0) is 20.9. The molecule has 3 aromatic rings. The summed E-state index contributed by atoms with van der Waals surface area (Å²) in [5.74, 6) is -0.168. The first-order valence-corrected chi connectivity index (χ1v) is 10.9. The molecule has 1 fully saturated rings. The van der Waals surface area contributed by atoms with Gasteiger partial charge in [0.05, 0.1) is 13.0 Å². The molecule has 4 nitrogen and oxygen atoms in total. The largest absolute Gasteiger partial charge is 0.466 e. The van der Waals surface area contributed by atoms with Crippen molar-refractivity contribution in [1.82, 2.24) is 5.32 Å². The van der Waals surface area contributed by atoms with Gasteiger partial charge in [-0.05, 0) is 54.3 Å². The lowest BCUT2D eigenvalue weighted by Gasteiger charge is -2.23. The lowest BCUT2D eigenvalue weighted by atomic mass is 9.99. The van der Waals surface area contributed by atoms with Crippen LogP contribution < -0.4 is 10.2 Å². The van der Waals surface area contributed by atoms with Gasteiger partial charge in [0.2, 0.25) is 0 Å². The Labute approximate surface area is 178 Å². The standard InChI is InChI=1S/C26H30N2O2/c1-3-30-26(29)17-20-11-13-23(14-12-20)28-16-15-22(18-28)27-19(2)24-10-6-8-21-7-4-5-9-25(21)24/h4-14,19,22,27H,3,15-18H2,1-2H3/t19-,22-/m1/s1. The van der Waals surface area contributed by atoms with E-state index in [1.54, 1.807) is 0 Å². The summed E-state index contributed by atoms with van der Waals surface area (Å²) < 4.78 is 5.03. The highest BCUT2D eigenvalue weighted by molar-refractivity contribution is 5.86. The summed E-state index contributed by atoms with van der Waals surface area (Å²) in [6, 6.07) is 24.2. The van der Waals surface area contributed by atoms with Crippen LogP contribution in [-0.2, 0) is 16.0 Å². The van der Waals surface area contributed by atoms with E-state index in [0.717, 1.165) is 25.1 Å². The third-order valence-corrected chi connectivity index (χ3v) is 5.92. The molecule has 1 saturated heterocycles. The fourth-order valence-electron chi connectivity index (χ4n) is 4.41. The van der Waals surface area contributed by atoms with Crippen molar-refractivity contribution in [1.29, 1.82) is 0 Å². The van der Waals surface area contributed by atoms with Crippen molar-refractivity contribution >= 4 is 22.4 Å². The zero-order valence-electron chi connectivity index (χ0n) is 17.8. The average Bonchev–Trinajstić information content (AvgIpc) is 3.22. The van der Waals surface area contributed by atoms with Crippen LogP contribution in [0.15, 0.2) is 66.7 Å². The van der Waals surface area contributed by atoms with Gasteiger partial charge in [-0.25, -0.2) is 0 Å². The summed E-state index contributed by atoms with van der Waals surface area (Å²) in [6.45, 7) is 6.55. The number of rotatable bonds is 7. The normalized spacial score (nSPS) is 17.3. The highest BCUT2D eigenvalue weighted by Crippen LogP contribution is 2.27. The topological polar surface area (TPSA) is 41.6 Å². The van der Waals surface area contributed by atoms with Crippen LogP contribution in [-0.4, -0.2) is 31.7 Å². The summed E-state index contributed by atoms with van der Waals surface area (Å²) in [5.41, 5.74) is 3.57. The van der Waals surface area contributed by atoms with Gasteiger partial charge in [-0.2, -0.15) is 0 Å². The van der Waals surface area contributed by atoms with Gasteiger partial charge in [-0.1, -0.05) is 54.6 Å². The second kappa shape index (κ2) is 9.31. The van der Waals surface area contributed by atoms with Crippen molar-refractivity contribution in [3.8, 4) is 0 Å². The molecule has 1 aliphatic rings. The van der Waals surface area contributed by atoms with Crippen LogP contribution in [0.3, 0.4) is 0 Å². The van der Waals surface area contributed by atoms with Crippen molar-refractivity contribution in [2.75, 3.05) is 24.6 Å². The number of ether oxygens (including phenoxy) is 1. The summed E-state index contributed by atoms with van der Waals surface area (Å²) in [7, 11) is 0. The van der Waals surface area contributed by atoms with Crippen LogP contribution in [0.25, 0.3) is 10.8 Å². The average molecular weight is 403 g/mol. The van der Waals surface area contributed by atoms with Gasteiger partial charge in [0.15, 0.2) is 0 Å². The van der Waals surface area contributed by atoms with Crippen LogP contribution in [0.5, 0.6) is 0 Å². The summed E-state index contributed by atoms with van der Waals surface area (Å²) >= 11 is 0. The lowest BCUT2D eigenvalue weighted by Crippen LogP contribution is -2.34. The number of nitrogens with one attached hydrogen (secondary N) is 1. The monoisotopic (exact) mass is 402 g/mol. The Bertz CT molecular complexity index is 994. The fraction of sp³-hybridized carbons (Fsp3) is 0.346. The number of esters is 1. The molecule has 1 heterocycles. The Morgan fingerprint density at radius 1 is 1.10 bits per heavy atom. The van der Waals surface area contributed by atoms with E-state index in [9.17, 15) is 4.79 Å². The molecular weight excluding hydrogens is 372 g/mol. The van der Waals surface area contributed by atoms with E-state index < -0.39 is 0 Å². The van der Waals surface area contributed by atoms with Gasteiger partial charge in [-0.3, -0.25) is 4.79 Å². The van der Waals surface area contributed by atoms with E-state index in [4.69, 9.17) is 4.74 Å². The molecule has 0 aromatic heterocycles. The van der Waals surface area contributed by atoms with Gasteiger partial charge in [0, 0.05) is 30.9 Å². The Hall–Kier alpha value is -2.85. The number of hydrogen-bond acceptors (Lipinski definition) is 4. The predicted octanol–water partition coefficient (Wildman–Crippen LogP) is 4.87. The number of benzene rings is 3. The molecule has 0 aliphatic carbocycles. The van der Waals surface area contributed by atoms with Crippen molar-refractivity contribution < 1.29 is 9.53 Å². The van der Waals surface area contributed by atoms with Gasteiger partial charge >= 0.3 is 5.97 Å². The molecule has 0 bridgehead atoms. The Kier molecular flexibility index (Phi) is 6.34. The van der Waals surface area contributed by atoms with E-state index in [2.05, 4.69) is 71.7 Å². The van der Waals surface area contributed by atoms with Crippen LogP contribution in [0, 0.1) is 0 Å². The number of nitrogens with zero attached hydrogens (tertiary/aromatic N) is 1. The summed E-state index contributed by atoms with van der Waals surface area (Å²) in [5, 5.41) is 6.45. The minimum Gasteiger partial charge on any atom is -0.466 e. The van der Waals surface area contributed by atoms with Crippen LogP contribution in [0.1, 0.15) is 37.4 Å². The molecule has 0 saturated carbocycles. The number of fused-ring (bicyclic) bond motifs is 1. The minimum absolute atomic E-state index is 0.168. The molecule has 156 valence electrons. The predicted molar refractivity (Wildman–Crippen MR) is 123 cm³/mol. The smallest absolute Gasteiger partial charge is 0.310 e. The summed E-state index contributed by atoms with van der Waals surface area (Å²) in [6.07, 6.45) is 1.46. The first kappa shape index (κ1) is 20.4. The molecule has 0 amide bonds. The quantitative estimate of drug-likeness (QED) is 0.572. The summed E-state index contributed by atoms with van der Waals surface area (Å²) in [4.78, 5) is 14.1. The van der Waals surface area contributed by atoms with Crippen LogP contribution >= 0.6 is 0 Å². The molecule has 30 heavy (non-hydrogen) atoms. The first-order chi connectivity index (χ1) is 14.6. The van der Waals surface area contributed by atoms with E-state index >= 15 is 0 Å². The molecule has 1 aliphatic heterocycles. The third-order valence-electron chi connectivity index (χ3n) is 5.92. The van der Waals surface area contributed by atoms with E-state index in [1.165, 1.54) is 22.0 Å². The highest BCUT2D eigenvalue weighted by atomic mass is 16.5. The molecule has 0 unspecified atom stereocenters. The zero-order valence-corrected chi connectivity index (χ0v) is 17.8. The maximum Gasteiger partial charge on any atom is 0.310 e. The third kappa shape index (κ3) is 4.65. The van der Waals surface area contributed by atoms with Crippen molar-refractivity contribution in [3.63, 3.8) is 0 Å². The minimum atomic E-state index is -0.168. The Morgan fingerprint density at radius 2 is 1.87 bits per heavy atom. The second-order valence-corrected chi connectivity index (χ2v) is 8.04. The van der Waals surface area contributed by atoms with Crippen LogP contribution in [0.4, 0.5) is 5.69 Å². The molecule has 4 heteroatoms. The number of anilines is 1. The van der Waals surface area contributed by atoms with E-state index in [1.807, 2.05) is 19.1 Å². The fourth-order valence-corrected chi connectivity index (χ4v) is 4.41. The maximum absolute atomic E-state index is 11.7. The highest BCUT2D eigenvalue weighted by Gasteiger charge is 2.24. The Balaban J connectivity index is 1.37. The van der Waals surface area contributed by atoms with Gasteiger partial charge in [0.25, 0.3) is 0 Å². The first-order valence-electron chi connectivity index (χ1n) is 10.9. The van der Waals surface area contributed by atoms with Gasteiger partial charge in [-0.15, -0.1) is 0 Å². The van der Waals surface area contributed by atoms with E-state index in [-0.39, 0.29) is 5.97 Å². The van der Waals surface area contributed by atoms with Crippen molar-refractivity contribution in [3.05, 3.63) is 77.9 Å². The Morgan fingerprint density at radius 3 is 2.67 bits per heavy atom. The molecule has 4 rings (SSSR count). The van der Waals surface area contributed by atoms with Gasteiger partial charge < -0.3 is 15.0 Å². The molecule has 0 radical (unpaired) electrons. The maximum atomic E-state index is 11.7. The molecule has 2 atom stereocenters. The lowest BCUT2D eigenvalue weighted by molar-refractivity contribution is -0.142. The number of hydrogen-bond donors (Lipinski definition) is 1. The van der Waals surface area contributed by atoms with E-state index in [0.29, 0.717) is 25.1 Å².